The molecule has 0 heterocycles. The van der Waals surface area contributed by atoms with E-state index in [1.807, 2.05) is 30.3 Å². The van der Waals surface area contributed by atoms with Gasteiger partial charge in [-0.15, -0.1) is 0 Å². The van der Waals surface area contributed by atoms with Gasteiger partial charge in [-0.05, 0) is 43.7 Å². The lowest BCUT2D eigenvalue weighted by atomic mass is 10.2. The van der Waals surface area contributed by atoms with Gasteiger partial charge in [0.25, 0.3) is 0 Å². The highest BCUT2D eigenvalue weighted by Crippen LogP contribution is 2.15. The summed E-state index contributed by atoms with van der Waals surface area (Å²) in [6, 6.07) is 18.6. The molecule has 0 aliphatic heterocycles. The van der Waals surface area contributed by atoms with Crippen LogP contribution in [0.5, 0.6) is 5.75 Å². The van der Waals surface area contributed by atoms with Crippen LogP contribution in [0, 0.1) is 6.92 Å². The Balaban J connectivity index is 0.000000505. The molecule has 0 radical (unpaired) electrons. The first-order valence-corrected chi connectivity index (χ1v) is 10.6. The fourth-order valence-electron chi connectivity index (χ4n) is 2.08. The van der Waals surface area contributed by atoms with Gasteiger partial charge in [0.1, 0.15) is 12.4 Å². The Morgan fingerprint density at radius 1 is 1.04 bits per heavy atom. The first-order valence-electron chi connectivity index (χ1n) is 7.43. The van der Waals surface area contributed by atoms with Crippen molar-refractivity contribution < 1.29 is 13.2 Å². The van der Waals surface area contributed by atoms with Gasteiger partial charge in [0.2, 0.25) is 0 Å². The first kappa shape index (κ1) is 20.6. The van der Waals surface area contributed by atoms with Crippen LogP contribution in [-0.2, 0) is 8.26 Å². The molecule has 0 N–H and O–H groups in total. The van der Waals surface area contributed by atoms with E-state index in [2.05, 4.69) is 64.4 Å². The molecule has 2 aromatic rings. The van der Waals surface area contributed by atoms with Crippen molar-refractivity contribution in [3.63, 3.8) is 0 Å². The summed E-state index contributed by atoms with van der Waals surface area (Å²) < 4.78 is 24.1. The van der Waals surface area contributed by atoms with Crippen LogP contribution in [0.1, 0.15) is 12.5 Å². The lowest BCUT2D eigenvalue weighted by Crippen LogP contribution is -2.28. The summed E-state index contributed by atoms with van der Waals surface area (Å²) >= 11 is 0. The molecule has 4 nitrogen and oxygen atoms in total. The number of anilines is 1. The molecule has 0 fully saturated rings. The van der Waals surface area contributed by atoms with Crippen molar-refractivity contribution in [2.45, 2.75) is 13.8 Å². The molecule has 0 amide bonds. The Morgan fingerprint density at radius 3 is 2.21 bits per heavy atom. The zero-order chi connectivity index (χ0) is 18.0. The zero-order valence-electron chi connectivity index (χ0n) is 13.7. The average molecular weight is 390 g/mol. The summed E-state index contributed by atoms with van der Waals surface area (Å²) in [6.07, 6.45) is 0. The lowest BCUT2D eigenvalue weighted by molar-refractivity contribution is 0.324. The molecule has 0 atom stereocenters. The van der Waals surface area contributed by atoms with Crippen LogP contribution in [0.15, 0.2) is 54.6 Å². The maximum Gasteiger partial charge on any atom is 0.317 e. The molecule has 132 valence electrons. The Hall–Kier alpha value is -1.43. The third-order valence-electron chi connectivity index (χ3n) is 3.12. The molecule has 24 heavy (non-hydrogen) atoms. The fraction of sp³-hybridized carbons (Fsp3) is 0.294. The number of para-hydroxylation sites is 1. The van der Waals surface area contributed by atoms with Crippen LogP contribution in [-0.4, -0.2) is 28.1 Å². The average Bonchev–Trinajstić information content (AvgIpc) is 2.51. The highest BCUT2D eigenvalue weighted by molar-refractivity contribution is 8.31. The van der Waals surface area contributed by atoms with Gasteiger partial charge in [0.05, 0.1) is 6.54 Å². The second-order valence-corrected chi connectivity index (χ2v) is 8.63. The Bertz CT molecular complexity index is 701. The molecule has 2 rings (SSSR count). The predicted octanol–water partition coefficient (Wildman–Crippen LogP) is 4.61. The topological polar surface area (TPSA) is 46.6 Å². The summed E-state index contributed by atoms with van der Waals surface area (Å²) in [5, 5.41) is 0. The molecule has 0 aliphatic carbocycles. The van der Waals surface area contributed by atoms with Crippen LogP contribution in [0.3, 0.4) is 0 Å². The van der Waals surface area contributed by atoms with E-state index in [9.17, 15) is 0 Å². The monoisotopic (exact) mass is 389 g/mol. The number of hydrogen-bond donors (Lipinski definition) is 0. The first-order chi connectivity index (χ1) is 11.3. The maximum atomic E-state index is 9.16. The van der Waals surface area contributed by atoms with E-state index in [4.69, 9.17) is 13.2 Å². The lowest BCUT2D eigenvalue weighted by Gasteiger charge is -2.23. The van der Waals surface area contributed by atoms with Crippen molar-refractivity contribution in [1.82, 2.24) is 0 Å². The molecule has 0 saturated heterocycles. The molecular weight excluding hydrogens is 369 g/mol. The smallest absolute Gasteiger partial charge is 0.317 e. The van der Waals surface area contributed by atoms with Crippen molar-refractivity contribution in [2.75, 3.05) is 24.6 Å². The largest absolute Gasteiger partial charge is 0.492 e. The SMILES string of the molecule is CCN(CCOc1ccccc1)c1cccc(C)c1.O=S(=O)(Cl)Cl. The van der Waals surface area contributed by atoms with Crippen LogP contribution >= 0.6 is 21.4 Å². The Kier molecular flexibility index (Phi) is 8.97. The number of benzene rings is 2. The minimum Gasteiger partial charge on any atom is -0.492 e. The zero-order valence-corrected chi connectivity index (χ0v) is 16.0. The highest BCUT2D eigenvalue weighted by atomic mass is 36.0. The van der Waals surface area contributed by atoms with E-state index in [1.165, 1.54) is 11.3 Å². The van der Waals surface area contributed by atoms with Gasteiger partial charge >= 0.3 is 8.26 Å². The van der Waals surface area contributed by atoms with Crippen molar-refractivity contribution in [2.24, 2.45) is 0 Å². The standard InChI is InChI=1S/C17H21NO.Cl2O2S/c1-3-18(16-9-7-8-15(2)14-16)12-13-19-17-10-5-4-6-11-17;1-5(2,3)4/h4-11,14H,3,12-13H2,1-2H3;. The van der Waals surface area contributed by atoms with Crippen molar-refractivity contribution in [3.8, 4) is 5.75 Å². The summed E-state index contributed by atoms with van der Waals surface area (Å²) in [6.45, 7) is 6.88. The second-order valence-electron chi connectivity index (χ2n) is 4.96. The van der Waals surface area contributed by atoms with Crippen molar-refractivity contribution >= 4 is 35.3 Å². The van der Waals surface area contributed by atoms with E-state index in [-0.39, 0.29) is 0 Å². The number of rotatable bonds is 6. The normalized spacial score (nSPS) is 10.5. The molecule has 0 spiro atoms. The maximum absolute atomic E-state index is 9.16. The molecule has 0 saturated carbocycles. The third-order valence-corrected chi connectivity index (χ3v) is 3.12. The van der Waals surface area contributed by atoms with Crippen LogP contribution in [0.2, 0.25) is 0 Å². The Labute approximate surface area is 152 Å². The second kappa shape index (κ2) is 10.4. The number of halogens is 2. The molecule has 0 aliphatic rings. The van der Waals surface area contributed by atoms with Gasteiger partial charge in [0, 0.05) is 33.6 Å². The van der Waals surface area contributed by atoms with E-state index in [1.54, 1.807) is 0 Å². The van der Waals surface area contributed by atoms with E-state index < -0.39 is 8.26 Å². The molecule has 0 bridgehead atoms. The van der Waals surface area contributed by atoms with Gasteiger partial charge in [-0.3, -0.25) is 0 Å². The number of likely N-dealkylation sites (N-methyl/N-ethyl adjacent to an activating group) is 1. The third kappa shape index (κ3) is 9.65. The fourth-order valence-corrected chi connectivity index (χ4v) is 2.08. The van der Waals surface area contributed by atoms with E-state index in [0.29, 0.717) is 6.61 Å². The minimum atomic E-state index is -3.72. The van der Waals surface area contributed by atoms with Crippen LogP contribution < -0.4 is 9.64 Å². The van der Waals surface area contributed by atoms with Gasteiger partial charge in [-0.2, -0.15) is 8.42 Å². The summed E-state index contributed by atoms with van der Waals surface area (Å²) in [7, 11) is 4.81. The van der Waals surface area contributed by atoms with Crippen molar-refractivity contribution in [3.05, 3.63) is 60.2 Å². The van der Waals surface area contributed by atoms with Gasteiger partial charge in [0.15, 0.2) is 0 Å². The molecule has 0 aromatic heterocycles. The molecular formula is C17H21Cl2NO3S. The number of aryl methyl sites for hydroxylation is 1. The Morgan fingerprint density at radius 2 is 1.67 bits per heavy atom. The van der Waals surface area contributed by atoms with Gasteiger partial charge < -0.3 is 9.64 Å². The number of ether oxygens (including phenoxy) is 1. The van der Waals surface area contributed by atoms with Gasteiger partial charge in [-0.1, -0.05) is 30.3 Å². The number of nitrogens with zero attached hydrogens (tertiary/aromatic N) is 1. The van der Waals surface area contributed by atoms with Crippen molar-refractivity contribution in [1.29, 1.82) is 0 Å². The molecule has 7 heteroatoms. The summed E-state index contributed by atoms with van der Waals surface area (Å²) in [4.78, 5) is 2.33. The van der Waals surface area contributed by atoms with Crippen LogP contribution in [0.4, 0.5) is 5.69 Å². The van der Waals surface area contributed by atoms with Gasteiger partial charge in [-0.25, -0.2) is 0 Å². The summed E-state index contributed by atoms with van der Waals surface area (Å²) in [5.41, 5.74) is 2.55. The summed E-state index contributed by atoms with van der Waals surface area (Å²) in [5.74, 6) is 0.933. The predicted molar refractivity (Wildman–Crippen MR) is 102 cm³/mol. The quantitative estimate of drug-likeness (QED) is 0.676. The molecule has 2 aromatic carbocycles. The van der Waals surface area contributed by atoms with E-state index >= 15 is 0 Å². The minimum absolute atomic E-state index is 0.700. The van der Waals surface area contributed by atoms with E-state index in [0.717, 1.165) is 18.8 Å². The molecule has 0 unspecified atom stereocenters. The highest BCUT2D eigenvalue weighted by Gasteiger charge is 2.04. The van der Waals surface area contributed by atoms with Crippen LogP contribution in [0.25, 0.3) is 0 Å². The number of hydrogen-bond acceptors (Lipinski definition) is 4.